The van der Waals surface area contributed by atoms with Crippen molar-refractivity contribution in [1.82, 2.24) is 0 Å². The topological polar surface area (TPSA) is 52.3 Å². The van der Waals surface area contributed by atoms with Gasteiger partial charge in [-0.3, -0.25) is 0 Å². The summed E-state index contributed by atoms with van der Waals surface area (Å²) in [5.74, 6) is 0.734. The number of ether oxygens (including phenoxy) is 1. The van der Waals surface area contributed by atoms with Crippen LogP contribution in [0.2, 0.25) is 0 Å². The highest BCUT2D eigenvalue weighted by Gasteiger charge is 2.20. The lowest BCUT2D eigenvalue weighted by Gasteiger charge is -2.23. The fraction of sp³-hybridized carbons (Fsp3) is 0.417. The maximum Gasteiger partial charge on any atom is 0.338 e. The first-order valence-corrected chi connectivity index (χ1v) is 6.23. The molecule has 0 saturated heterocycles. The van der Waals surface area contributed by atoms with Crippen LogP contribution < -0.4 is 5.73 Å². The zero-order chi connectivity index (χ0) is 11.7. The van der Waals surface area contributed by atoms with Gasteiger partial charge in [-0.2, -0.15) is 0 Å². The van der Waals surface area contributed by atoms with Crippen LogP contribution in [0.3, 0.4) is 0 Å². The summed E-state index contributed by atoms with van der Waals surface area (Å²) in [5, 5.41) is 0. The van der Waals surface area contributed by atoms with E-state index in [1.54, 1.807) is 11.8 Å². The average Bonchev–Trinajstić information content (AvgIpc) is 2.29. The molecular weight excluding hydrogens is 222 g/mol. The van der Waals surface area contributed by atoms with Gasteiger partial charge >= 0.3 is 5.97 Å². The van der Waals surface area contributed by atoms with Crippen molar-refractivity contribution in [2.24, 2.45) is 5.73 Å². The van der Waals surface area contributed by atoms with Crippen LogP contribution in [0.15, 0.2) is 17.0 Å². The summed E-state index contributed by atoms with van der Waals surface area (Å²) >= 11 is 1.76. The third kappa shape index (κ3) is 1.95. The molecule has 0 saturated carbocycles. The number of aryl methyl sites for hydroxylation is 1. The predicted octanol–water partition coefficient (Wildman–Crippen LogP) is 2.28. The normalized spacial score (nSPS) is 19.1. The Balaban J connectivity index is 2.48. The van der Waals surface area contributed by atoms with Gasteiger partial charge in [-0.1, -0.05) is 6.07 Å². The van der Waals surface area contributed by atoms with E-state index in [1.807, 2.05) is 19.1 Å². The van der Waals surface area contributed by atoms with E-state index in [9.17, 15) is 4.79 Å². The first-order valence-electron chi connectivity index (χ1n) is 5.24. The highest BCUT2D eigenvalue weighted by Crippen LogP contribution is 2.36. The lowest BCUT2D eigenvalue weighted by atomic mass is 9.99. The molecule has 0 spiro atoms. The highest BCUT2D eigenvalue weighted by molar-refractivity contribution is 7.99. The number of thioether (sulfide) groups is 1. The molecule has 4 heteroatoms. The largest absolute Gasteiger partial charge is 0.465 e. The number of hydrogen-bond acceptors (Lipinski definition) is 4. The molecule has 1 aliphatic heterocycles. The van der Waals surface area contributed by atoms with Crippen molar-refractivity contribution in [2.45, 2.75) is 24.3 Å². The molecule has 1 aromatic carbocycles. The Labute approximate surface area is 99.4 Å². The molecule has 0 aromatic heterocycles. The third-order valence-corrected chi connectivity index (χ3v) is 3.95. The second kappa shape index (κ2) is 4.47. The van der Waals surface area contributed by atoms with Crippen LogP contribution in [0.1, 0.15) is 33.9 Å². The van der Waals surface area contributed by atoms with E-state index < -0.39 is 0 Å². The van der Waals surface area contributed by atoms with E-state index in [0.717, 1.165) is 28.2 Å². The number of carbonyl (C=O) groups excluding carboxylic acids is 1. The Morgan fingerprint density at radius 1 is 1.56 bits per heavy atom. The van der Waals surface area contributed by atoms with Crippen LogP contribution >= 0.6 is 11.8 Å². The number of hydrogen-bond donors (Lipinski definition) is 1. The number of carbonyl (C=O) groups is 1. The number of nitrogens with two attached hydrogens (primary N) is 1. The van der Waals surface area contributed by atoms with E-state index in [2.05, 4.69) is 0 Å². The number of fused-ring (bicyclic) bond motifs is 1. The van der Waals surface area contributed by atoms with Crippen LogP contribution in [-0.2, 0) is 4.74 Å². The summed E-state index contributed by atoms with van der Waals surface area (Å²) in [6, 6.07) is 4.01. The summed E-state index contributed by atoms with van der Waals surface area (Å²) in [6.07, 6.45) is 0.995. The molecule has 1 aromatic rings. The number of esters is 1. The quantitative estimate of drug-likeness (QED) is 0.761. The Hall–Kier alpha value is -1.00. The first kappa shape index (κ1) is 11.5. The van der Waals surface area contributed by atoms with E-state index >= 15 is 0 Å². The molecular formula is C12H15NO2S. The molecule has 0 radical (unpaired) electrons. The number of rotatable bonds is 1. The molecule has 0 aliphatic carbocycles. The van der Waals surface area contributed by atoms with E-state index in [1.165, 1.54) is 7.11 Å². The Morgan fingerprint density at radius 2 is 2.31 bits per heavy atom. The van der Waals surface area contributed by atoms with Crippen molar-refractivity contribution >= 4 is 17.7 Å². The standard InChI is InChI=1S/C12H15NO2S/c1-7-5-9-10(13)3-4-16-11(9)6-8(7)12(14)15-2/h5-6,10H,3-4,13H2,1-2H3/t10-/m0/s1. The van der Waals surface area contributed by atoms with Crippen LogP contribution in [0.5, 0.6) is 0 Å². The van der Waals surface area contributed by atoms with Crippen LogP contribution in [0.25, 0.3) is 0 Å². The van der Waals surface area contributed by atoms with E-state index in [-0.39, 0.29) is 12.0 Å². The molecule has 1 atom stereocenters. The smallest absolute Gasteiger partial charge is 0.338 e. The van der Waals surface area contributed by atoms with Crippen LogP contribution in [0, 0.1) is 6.92 Å². The summed E-state index contributed by atoms with van der Waals surface area (Å²) in [7, 11) is 1.40. The van der Waals surface area contributed by atoms with Gasteiger partial charge < -0.3 is 10.5 Å². The van der Waals surface area contributed by atoms with Gasteiger partial charge in [-0.25, -0.2) is 4.79 Å². The number of benzene rings is 1. The van der Waals surface area contributed by atoms with Gasteiger partial charge in [0.25, 0.3) is 0 Å². The van der Waals surface area contributed by atoms with Gasteiger partial charge in [0.05, 0.1) is 12.7 Å². The fourth-order valence-corrected chi connectivity index (χ4v) is 3.08. The molecule has 3 nitrogen and oxygen atoms in total. The van der Waals surface area contributed by atoms with Gasteiger partial charge in [-0.15, -0.1) is 11.8 Å². The van der Waals surface area contributed by atoms with Crippen molar-refractivity contribution in [3.8, 4) is 0 Å². The van der Waals surface area contributed by atoms with Crippen molar-refractivity contribution < 1.29 is 9.53 Å². The van der Waals surface area contributed by atoms with Crippen molar-refractivity contribution in [3.63, 3.8) is 0 Å². The summed E-state index contributed by atoms with van der Waals surface area (Å²) in [4.78, 5) is 12.7. The zero-order valence-electron chi connectivity index (χ0n) is 9.45. The minimum absolute atomic E-state index is 0.0987. The molecule has 16 heavy (non-hydrogen) atoms. The summed E-state index contributed by atoms with van der Waals surface area (Å²) in [5.41, 5.74) is 8.77. The van der Waals surface area contributed by atoms with Crippen LogP contribution in [0.4, 0.5) is 0 Å². The second-order valence-corrected chi connectivity index (χ2v) is 5.08. The SMILES string of the molecule is COC(=O)c1cc2c(cc1C)[C@@H](N)CCS2. The lowest BCUT2D eigenvalue weighted by molar-refractivity contribution is 0.0599. The maximum atomic E-state index is 11.5. The highest BCUT2D eigenvalue weighted by atomic mass is 32.2. The molecule has 1 aliphatic rings. The monoisotopic (exact) mass is 237 g/mol. The predicted molar refractivity (Wildman–Crippen MR) is 64.8 cm³/mol. The Morgan fingerprint density at radius 3 is 3.00 bits per heavy atom. The van der Waals surface area contributed by atoms with Crippen molar-refractivity contribution in [3.05, 3.63) is 28.8 Å². The molecule has 1 heterocycles. The lowest BCUT2D eigenvalue weighted by Crippen LogP contribution is -2.17. The van der Waals surface area contributed by atoms with Gasteiger partial charge in [0.1, 0.15) is 0 Å². The minimum Gasteiger partial charge on any atom is -0.465 e. The summed E-state index contributed by atoms with van der Waals surface area (Å²) < 4.78 is 4.76. The third-order valence-electron chi connectivity index (χ3n) is 2.85. The molecule has 0 bridgehead atoms. The van der Waals surface area contributed by atoms with Gasteiger partial charge in [-0.05, 0) is 36.3 Å². The van der Waals surface area contributed by atoms with E-state index in [4.69, 9.17) is 10.5 Å². The molecule has 0 unspecified atom stereocenters. The molecule has 86 valence electrons. The average molecular weight is 237 g/mol. The Kier molecular flexibility index (Phi) is 3.21. The van der Waals surface area contributed by atoms with Crippen molar-refractivity contribution in [2.75, 3.05) is 12.9 Å². The molecule has 2 rings (SSSR count). The maximum absolute atomic E-state index is 11.5. The minimum atomic E-state index is -0.278. The second-order valence-electron chi connectivity index (χ2n) is 3.94. The van der Waals surface area contributed by atoms with E-state index in [0.29, 0.717) is 5.56 Å². The molecule has 0 fully saturated rings. The zero-order valence-corrected chi connectivity index (χ0v) is 10.3. The summed E-state index contributed by atoms with van der Waals surface area (Å²) in [6.45, 7) is 1.92. The Bertz CT molecular complexity index is 431. The van der Waals surface area contributed by atoms with Gasteiger partial charge in [0.15, 0.2) is 0 Å². The molecule has 0 amide bonds. The molecule has 2 N–H and O–H groups in total. The first-order chi connectivity index (χ1) is 7.63. The van der Waals surface area contributed by atoms with Crippen LogP contribution in [-0.4, -0.2) is 18.8 Å². The van der Waals surface area contributed by atoms with Crippen molar-refractivity contribution in [1.29, 1.82) is 0 Å². The van der Waals surface area contributed by atoms with Gasteiger partial charge in [0.2, 0.25) is 0 Å². The van der Waals surface area contributed by atoms with Gasteiger partial charge in [0, 0.05) is 10.9 Å². The fourth-order valence-electron chi connectivity index (χ4n) is 1.91. The number of methoxy groups -OCH3 is 1.